The Labute approximate surface area is 65.9 Å². The third kappa shape index (κ3) is 26.1. The molecule has 0 aliphatic heterocycles. The van der Waals surface area contributed by atoms with Crippen molar-refractivity contribution >= 4 is 16.1 Å². The third-order valence-electron chi connectivity index (χ3n) is 0.908. The molecule has 2 N–H and O–H groups in total. The van der Waals surface area contributed by atoms with E-state index in [-0.39, 0.29) is 0 Å². The Bertz CT molecular complexity index is 91.6. The van der Waals surface area contributed by atoms with Crippen LogP contribution in [0.5, 0.6) is 0 Å². The van der Waals surface area contributed by atoms with Crippen molar-refractivity contribution in [3.63, 3.8) is 0 Å². The lowest BCUT2D eigenvalue weighted by atomic mass is 10.4. The van der Waals surface area contributed by atoms with Gasteiger partial charge in [-0.25, -0.2) is 0 Å². The molecule has 0 aliphatic rings. The lowest BCUT2D eigenvalue weighted by Crippen LogP contribution is -2.04. The van der Waals surface area contributed by atoms with E-state index in [1.165, 1.54) is 29.1 Å². The first-order valence-corrected chi connectivity index (χ1v) is 5.02. The number of hydrogen-bond acceptors (Lipinski definition) is 1. The Hall–Kier alpha value is -0.573. The van der Waals surface area contributed by atoms with Crippen molar-refractivity contribution in [2.24, 2.45) is 5.73 Å². The summed E-state index contributed by atoms with van der Waals surface area (Å²) in [6.07, 6.45) is 3.88. The van der Waals surface area contributed by atoms with Crippen LogP contribution in [0.3, 0.4) is 0 Å². The smallest absolute Gasteiger partial charge is 0.240 e. The molecule has 10 heavy (non-hydrogen) atoms. The molecule has 60 valence electrons. The van der Waals surface area contributed by atoms with Gasteiger partial charge in [0.15, 0.2) is 0 Å². The summed E-state index contributed by atoms with van der Waals surface area (Å²) in [6.45, 7) is 5.32. The van der Waals surface area contributed by atoms with Crippen molar-refractivity contribution in [3.8, 4) is 0 Å². The van der Waals surface area contributed by atoms with Crippen molar-refractivity contribution in [2.45, 2.75) is 25.8 Å². The molecule has 0 atom stereocenters. The zero-order valence-corrected chi connectivity index (χ0v) is 8.89. The average molecular weight is 159 g/mol. The second kappa shape index (κ2) is 11.3. The predicted molar refractivity (Wildman–Crippen MR) is 49.0 cm³/mol. The summed E-state index contributed by atoms with van der Waals surface area (Å²) in [7, 11) is 1.40. The maximum atomic E-state index is 9.47. The summed E-state index contributed by atoms with van der Waals surface area (Å²) >= 11 is 0. The first-order valence-electron chi connectivity index (χ1n) is 3.60. The molecule has 0 fully saturated rings. The second-order valence-electron chi connectivity index (χ2n) is 1.96. The molecule has 0 spiro atoms. The van der Waals surface area contributed by atoms with Gasteiger partial charge in [-0.15, -0.1) is 0 Å². The molecular weight excluding hydrogens is 142 g/mol. The highest BCUT2D eigenvalue weighted by molar-refractivity contribution is 6.08. The molecule has 0 aromatic heterocycles. The van der Waals surface area contributed by atoms with E-state index in [2.05, 4.69) is 19.2 Å². The Morgan fingerprint density at radius 2 is 2.20 bits per heavy atom. The highest BCUT2D eigenvalue weighted by atomic mass is 28.1. The molecular formula is C7H17NOSi. The van der Waals surface area contributed by atoms with E-state index in [0.717, 1.165) is 6.08 Å². The van der Waals surface area contributed by atoms with Gasteiger partial charge in [0.2, 0.25) is 5.91 Å². The lowest BCUT2D eigenvalue weighted by Gasteiger charge is -1.79. The van der Waals surface area contributed by atoms with E-state index >= 15 is 0 Å². The standard InChI is InChI=1S/C4H12Si.C3H5NO/c1-2-3-4-5;1-2-3(4)5/h2-4H2,1,5H3;2H,1H2,(H2,4,5). The van der Waals surface area contributed by atoms with Crippen molar-refractivity contribution in [3.05, 3.63) is 12.7 Å². The Kier molecular flexibility index (Phi) is 13.7. The number of carbonyl (C=O) groups excluding carboxylic acids is 1. The third-order valence-corrected chi connectivity index (χ3v) is 1.62. The van der Waals surface area contributed by atoms with Crippen LogP contribution in [0.25, 0.3) is 0 Å². The minimum Gasteiger partial charge on any atom is -0.366 e. The van der Waals surface area contributed by atoms with Gasteiger partial charge in [-0.1, -0.05) is 32.4 Å². The fourth-order valence-corrected chi connectivity index (χ4v) is 1.06. The molecule has 1 amide bonds. The van der Waals surface area contributed by atoms with Crippen LogP contribution < -0.4 is 5.73 Å². The summed E-state index contributed by atoms with van der Waals surface area (Å²) in [5.74, 6) is -0.481. The average Bonchev–Trinajstić information content (AvgIpc) is 1.91. The summed E-state index contributed by atoms with van der Waals surface area (Å²) in [6, 6.07) is 1.48. The summed E-state index contributed by atoms with van der Waals surface area (Å²) < 4.78 is 0. The van der Waals surface area contributed by atoms with Gasteiger partial charge >= 0.3 is 0 Å². The molecule has 0 rings (SSSR count). The minimum absolute atomic E-state index is 0.481. The van der Waals surface area contributed by atoms with Gasteiger partial charge in [0.25, 0.3) is 0 Å². The van der Waals surface area contributed by atoms with E-state index in [4.69, 9.17) is 0 Å². The number of carbonyl (C=O) groups is 1. The summed E-state index contributed by atoms with van der Waals surface area (Å²) in [5, 5.41) is 0. The number of rotatable bonds is 3. The highest BCUT2D eigenvalue weighted by Gasteiger charge is 1.69. The summed E-state index contributed by atoms with van der Waals surface area (Å²) in [5.41, 5.74) is 4.53. The number of amides is 1. The van der Waals surface area contributed by atoms with Gasteiger partial charge in [0.1, 0.15) is 0 Å². The fraction of sp³-hybridized carbons (Fsp3) is 0.571. The molecule has 0 unspecified atom stereocenters. The van der Waals surface area contributed by atoms with Gasteiger partial charge in [-0.2, -0.15) is 0 Å². The van der Waals surface area contributed by atoms with Crippen molar-refractivity contribution in [2.75, 3.05) is 0 Å². The molecule has 0 aromatic carbocycles. The molecule has 0 radical (unpaired) electrons. The molecule has 0 aliphatic carbocycles. The van der Waals surface area contributed by atoms with E-state index in [1.807, 2.05) is 0 Å². The van der Waals surface area contributed by atoms with Crippen LogP contribution in [-0.2, 0) is 4.79 Å². The Morgan fingerprint density at radius 3 is 2.20 bits per heavy atom. The van der Waals surface area contributed by atoms with Crippen LogP contribution in [0.2, 0.25) is 6.04 Å². The van der Waals surface area contributed by atoms with Crippen LogP contribution in [0, 0.1) is 0 Å². The fourth-order valence-electron chi connectivity index (χ4n) is 0.354. The quantitative estimate of drug-likeness (QED) is 0.465. The highest BCUT2D eigenvalue weighted by Crippen LogP contribution is 1.86. The number of nitrogens with two attached hydrogens (primary N) is 1. The predicted octanol–water partition coefficient (Wildman–Crippen LogP) is 0.228. The number of primary amides is 1. The van der Waals surface area contributed by atoms with Gasteiger partial charge < -0.3 is 5.73 Å². The first kappa shape index (κ1) is 12.1. The first-order chi connectivity index (χ1) is 4.68. The van der Waals surface area contributed by atoms with Crippen LogP contribution in [0.1, 0.15) is 19.8 Å². The maximum Gasteiger partial charge on any atom is 0.240 e. The van der Waals surface area contributed by atoms with Crippen molar-refractivity contribution < 1.29 is 4.79 Å². The second-order valence-corrected chi connectivity index (χ2v) is 2.96. The SMILES string of the molecule is C=CC(N)=O.CCCC[SiH3]. The molecule has 2 nitrogen and oxygen atoms in total. The van der Waals surface area contributed by atoms with E-state index < -0.39 is 5.91 Å². The zero-order chi connectivity index (χ0) is 8.41. The van der Waals surface area contributed by atoms with E-state index in [0.29, 0.717) is 0 Å². The van der Waals surface area contributed by atoms with Crippen LogP contribution in [0.15, 0.2) is 12.7 Å². The van der Waals surface area contributed by atoms with Gasteiger partial charge in [0.05, 0.1) is 0 Å². The monoisotopic (exact) mass is 159 g/mol. The van der Waals surface area contributed by atoms with Gasteiger partial charge in [-0.3, -0.25) is 4.79 Å². The number of unbranched alkanes of at least 4 members (excludes halogenated alkanes) is 1. The van der Waals surface area contributed by atoms with Gasteiger partial charge in [-0.05, 0) is 6.08 Å². The van der Waals surface area contributed by atoms with Crippen molar-refractivity contribution in [1.29, 1.82) is 0 Å². The molecule has 0 aromatic rings. The lowest BCUT2D eigenvalue weighted by molar-refractivity contribution is -0.113. The van der Waals surface area contributed by atoms with Crippen molar-refractivity contribution in [1.82, 2.24) is 0 Å². The number of hydrogen-bond donors (Lipinski definition) is 1. The van der Waals surface area contributed by atoms with E-state index in [9.17, 15) is 4.79 Å². The zero-order valence-electron chi connectivity index (χ0n) is 6.89. The van der Waals surface area contributed by atoms with Crippen LogP contribution in [-0.4, -0.2) is 16.1 Å². The van der Waals surface area contributed by atoms with Crippen LogP contribution in [0.4, 0.5) is 0 Å². The molecule has 0 bridgehead atoms. The molecule has 3 heteroatoms. The largest absolute Gasteiger partial charge is 0.366 e. The molecule has 0 heterocycles. The topological polar surface area (TPSA) is 43.1 Å². The summed E-state index contributed by atoms with van der Waals surface area (Å²) in [4.78, 5) is 9.47. The normalized spacial score (nSPS) is 7.70. The molecule has 0 saturated heterocycles. The van der Waals surface area contributed by atoms with Gasteiger partial charge in [0, 0.05) is 10.2 Å². The maximum absolute atomic E-state index is 9.47. The Balaban J connectivity index is 0. The van der Waals surface area contributed by atoms with E-state index in [1.54, 1.807) is 0 Å². The molecule has 0 saturated carbocycles. The van der Waals surface area contributed by atoms with Crippen LogP contribution >= 0.6 is 0 Å². The minimum atomic E-state index is -0.481. The Morgan fingerprint density at radius 1 is 1.80 bits per heavy atom.